The maximum absolute atomic E-state index is 13.3. The predicted molar refractivity (Wildman–Crippen MR) is 147 cm³/mol. The Hall–Kier alpha value is -4.81. The van der Waals surface area contributed by atoms with E-state index in [1.807, 2.05) is 36.5 Å². The number of nitrogens with one attached hydrogen (secondary N) is 3. The van der Waals surface area contributed by atoms with Crippen LogP contribution >= 0.6 is 11.6 Å². The highest BCUT2D eigenvalue weighted by Crippen LogP contribution is 2.24. The van der Waals surface area contributed by atoms with E-state index in [9.17, 15) is 9.59 Å². The van der Waals surface area contributed by atoms with Crippen LogP contribution in [-0.4, -0.2) is 16.8 Å². The topological polar surface area (TPSA) is 83.2 Å². The SMILES string of the molecule is O=C(Nc1ccc2cc[nH]c2c1)/C(=C\c1ccc(Oc2ccc(Cl)cc2)cc1)NC(=O)c1ccccc1. The van der Waals surface area contributed by atoms with Crippen LogP contribution in [0.5, 0.6) is 11.5 Å². The van der Waals surface area contributed by atoms with Crippen LogP contribution in [0.15, 0.2) is 115 Å². The van der Waals surface area contributed by atoms with E-state index in [4.69, 9.17) is 16.3 Å². The van der Waals surface area contributed by atoms with Crippen molar-refractivity contribution >= 4 is 46.1 Å². The number of H-pyrrole nitrogens is 1. The molecule has 1 heterocycles. The highest BCUT2D eigenvalue weighted by molar-refractivity contribution is 6.30. The third kappa shape index (κ3) is 6.07. The fourth-order valence-corrected chi connectivity index (χ4v) is 3.83. The molecule has 1 aromatic heterocycles. The first kappa shape index (κ1) is 23.9. The average Bonchev–Trinajstić information content (AvgIpc) is 3.39. The molecule has 3 N–H and O–H groups in total. The number of rotatable bonds is 7. The Bertz CT molecular complexity index is 1570. The third-order valence-electron chi connectivity index (χ3n) is 5.58. The van der Waals surface area contributed by atoms with E-state index in [1.54, 1.807) is 78.9 Å². The number of aromatic amines is 1. The number of aromatic nitrogens is 1. The Labute approximate surface area is 218 Å². The second-order valence-electron chi connectivity index (χ2n) is 8.24. The zero-order valence-electron chi connectivity index (χ0n) is 19.6. The molecule has 0 radical (unpaired) electrons. The summed E-state index contributed by atoms with van der Waals surface area (Å²) in [4.78, 5) is 29.2. The van der Waals surface area contributed by atoms with Gasteiger partial charge in [0, 0.05) is 28.0 Å². The molecule has 7 heteroatoms. The number of benzene rings is 4. The van der Waals surface area contributed by atoms with Crippen molar-refractivity contribution < 1.29 is 14.3 Å². The van der Waals surface area contributed by atoms with Gasteiger partial charge in [0.05, 0.1) is 0 Å². The molecular formula is C30H22ClN3O3. The lowest BCUT2D eigenvalue weighted by Crippen LogP contribution is -2.30. The number of carbonyl (C=O) groups excluding carboxylic acids is 2. The molecule has 6 nitrogen and oxygen atoms in total. The van der Waals surface area contributed by atoms with Gasteiger partial charge in [0.25, 0.3) is 11.8 Å². The van der Waals surface area contributed by atoms with E-state index >= 15 is 0 Å². The highest BCUT2D eigenvalue weighted by Gasteiger charge is 2.15. The molecule has 0 fully saturated rings. The lowest BCUT2D eigenvalue weighted by molar-refractivity contribution is -0.113. The van der Waals surface area contributed by atoms with Gasteiger partial charge in [-0.05, 0) is 83.8 Å². The molecule has 182 valence electrons. The van der Waals surface area contributed by atoms with Gasteiger partial charge >= 0.3 is 0 Å². The van der Waals surface area contributed by atoms with Gasteiger partial charge in [0.1, 0.15) is 17.2 Å². The Balaban J connectivity index is 1.38. The van der Waals surface area contributed by atoms with Gasteiger partial charge in [0.15, 0.2) is 0 Å². The molecule has 0 aliphatic carbocycles. The van der Waals surface area contributed by atoms with Crippen molar-refractivity contribution in [3.05, 3.63) is 131 Å². The second-order valence-corrected chi connectivity index (χ2v) is 8.67. The molecule has 0 saturated carbocycles. The number of hydrogen-bond donors (Lipinski definition) is 3. The summed E-state index contributed by atoms with van der Waals surface area (Å²) in [5.41, 5.74) is 2.76. The molecule has 4 aromatic carbocycles. The van der Waals surface area contributed by atoms with Gasteiger partial charge in [-0.1, -0.05) is 48.0 Å². The zero-order chi connectivity index (χ0) is 25.6. The van der Waals surface area contributed by atoms with Crippen molar-refractivity contribution in [2.45, 2.75) is 0 Å². The molecular weight excluding hydrogens is 486 g/mol. The molecule has 0 bridgehead atoms. The number of ether oxygens (including phenoxy) is 1. The Morgan fingerprint density at radius 3 is 2.24 bits per heavy atom. The summed E-state index contributed by atoms with van der Waals surface area (Å²) in [7, 11) is 0. The van der Waals surface area contributed by atoms with E-state index in [0.29, 0.717) is 33.3 Å². The smallest absolute Gasteiger partial charge is 0.272 e. The average molecular weight is 508 g/mol. The van der Waals surface area contributed by atoms with Gasteiger partial charge in [-0.2, -0.15) is 0 Å². The van der Waals surface area contributed by atoms with Crippen LogP contribution in [0.4, 0.5) is 5.69 Å². The molecule has 0 unspecified atom stereocenters. The molecule has 0 saturated heterocycles. The van der Waals surface area contributed by atoms with Crippen molar-refractivity contribution in [2.75, 3.05) is 5.32 Å². The van der Waals surface area contributed by atoms with E-state index in [-0.39, 0.29) is 11.6 Å². The van der Waals surface area contributed by atoms with E-state index < -0.39 is 5.91 Å². The molecule has 5 rings (SSSR count). The number of fused-ring (bicyclic) bond motifs is 1. The zero-order valence-corrected chi connectivity index (χ0v) is 20.3. The normalized spacial score (nSPS) is 11.2. The fourth-order valence-electron chi connectivity index (χ4n) is 3.70. The summed E-state index contributed by atoms with van der Waals surface area (Å²) in [6.07, 6.45) is 3.46. The van der Waals surface area contributed by atoms with Crippen LogP contribution in [0, 0.1) is 0 Å². The molecule has 0 atom stereocenters. The lowest BCUT2D eigenvalue weighted by Gasteiger charge is -2.12. The first-order valence-electron chi connectivity index (χ1n) is 11.5. The van der Waals surface area contributed by atoms with Gasteiger partial charge in [0.2, 0.25) is 0 Å². The summed E-state index contributed by atoms with van der Waals surface area (Å²) >= 11 is 5.93. The van der Waals surface area contributed by atoms with Crippen molar-refractivity contribution in [2.24, 2.45) is 0 Å². The van der Waals surface area contributed by atoms with Gasteiger partial charge in [-0.25, -0.2) is 0 Å². The molecule has 0 aliphatic rings. The van der Waals surface area contributed by atoms with Crippen LogP contribution in [-0.2, 0) is 4.79 Å². The number of anilines is 1. The van der Waals surface area contributed by atoms with Gasteiger partial charge in [-0.15, -0.1) is 0 Å². The van der Waals surface area contributed by atoms with Crippen LogP contribution in [0.25, 0.3) is 17.0 Å². The summed E-state index contributed by atoms with van der Waals surface area (Å²) in [5.74, 6) is 0.446. The van der Waals surface area contributed by atoms with E-state index in [2.05, 4.69) is 15.6 Å². The van der Waals surface area contributed by atoms with Crippen molar-refractivity contribution in [1.29, 1.82) is 0 Å². The van der Waals surface area contributed by atoms with Crippen LogP contribution in [0.2, 0.25) is 5.02 Å². The first-order chi connectivity index (χ1) is 18.0. The minimum Gasteiger partial charge on any atom is -0.457 e. The molecule has 0 spiro atoms. The van der Waals surface area contributed by atoms with Gasteiger partial charge in [-0.3, -0.25) is 9.59 Å². The minimum atomic E-state index is -0.448. The number of halogens is 1. The third-order valence-corrected chi connectivity index (χ3v) is 5.83. The van der Waals surface area contributed by atoms with Crippen LogP contribution in [0.3, 0.4) is 0 Å². The summed E-state index contributed by atoms with van der Waals surface area (Å²) in [6.45, 7) is 0. The maximum atomic E-state index is 13.3. The van der Waals surface area contributed by atoms with Crippen molar-refractivity contribution in [1.82, 2.24) is 10.3 Å². The maximum Gasteiger partial charge on any atom is 0.272 e. The van der Waals surface area contributed by atoms with Crippen molar-refractivity contribution in [3.63, 3.8) is 0 Å². The fraction of sp³-hybridized carbons (Fsp3) is 0. The molecule has 5 aromatic rings. The number of amides is 2. The summed E-state index contributed by atoms with van der Waals surface area (Å²) in [6, 6.07) is 30.5. The Kier molecular flexibility index (Phi) is 7.01. The Morgan fingerprint density at radius 1 is 0.811 bits per heavy atom. The highest BCUT2D eigenvalue weighted by atomic mass is 35.5. The quantitative estimate of drug-likeness (QED) is 0.207. The first-order valence-corrected chi connectivity index (χ1v) is 11.9. The number of carbonyl (C=O) groups is 2. The molecule has 37 heavy (non-hydrogen) atoms. The largest absolute Gasteiger partial charge is 0.457 e. The molecule has 2 amide bonds. The second kappa shape index (κ2) is 10.8. The van der Waals surface area contributed by atoms with Crippen LogP contribution < -0.4 is 15.4 Å². The Morgan fingerprint density at radius 2 is 1.51 bits per heavy atom. The van der Waals surface area contributed by atoms with Crippen molar-refractivity contribution in [3.8, 4) is 11.5 Å². The summed E-state index contributed by atoms with van der Waals surface area (Å²) in [5, 5.41) is 7.29. The molecule has 0 aliphatic heterocycles. The predicted octanol–water partition coefficient (Wildman–Crippen LogP) is 7.02. The summed E-state index contributed by atoms with van der Waals surface area (Å²) < 4.78 is 5.84. The minimum absolute atomic E-state index is 0.104. The lowest BCUT2D eigenvalue weighted by atomic mass is 10.1. The monoisotopic (exact) mass is 507 g/mol. The van der Waals surface area contributed by atoms with Gasteiger partial charge < -0.3 is 20.4 Å². The van der Waals surface area contributed by atoms with E-state index in [0.717, 1.165) is 10.9 Å². The standard InChI is InChI=1S/C30H22ClN3O3/c31-23-9-14-26(15-10-23)37-25-12-6-20(7-13-25)18-28(34-29(35)22-4-2-1-3-5-22)30(36)33-24-11-8-21-16-17-32-27(21)19-24/h1-19,32H,(H,33,36)(H,34,35)/b28-18+. The number of hydrogen-bond acceptors (Lipinski definition) is 3. The van der Waals surface area contributed by atoms with Crippen LogP contribution in [0.1, 0.15) is 15.9 Å². The van der Waals surface area contributed by atoms with E-state index in [1.165, 1.54) is 0 Å².